The third-order valence-corrected chi connectivity index (χ3v) is 6.81. The van der Waals surface area contributed by atoms with Gasteiger partial charge in [0.15, 0.2) is 0 Å². The molecule has 8 nitrogen and oxygen atoms in total. The first kappa shape index (κ1) is 22.8. The van der Waals surface area contributed by atoms with Crippen LogP contribution in [0.3, 0.4) is 0 Å². The van der Waals surface area contributed by atoms with Crippen molar-refractivity contribution in [3.63, 3.8) is 0 Å². The van der Waals surface area contributed by atoms with Gasteiger partial charge in [-0.25, -0.2) is 18.1 Å². The molecule has 0 bridgehead atoms. The molecule has 1 aliphatic heterocycles. The first-order chi connectivity index (χ1) is 15.9. The van der Waals surface area contributed by atoms with E-state index in [1.54, 1.807) is 66.7 Å². The van der Waals surface area contributed by atoms with E-state index in [0.717, 1.165) is 29.8 Å². The van der Waals surface area contributed by atoms with Crippen molar-refractivity contribution in [2.24, 2.45) is 0 Å². The van der Waals surface area contributed by atoms with Gasteiger partial charge in [-0.2, -0.15) is 0 Å². The number of anilines is 1. The maximum absolute atomic E-state index is 12.9. The fourth-order valence-electron chi connectivity index (χ4n) is 3.71. The molecule has 1 N–H and O–H groups in total. The molecule has 0 spiro atoms. The van der Waals surface area contributed by atoms with Gasteiger partial charge in [-0.05, 0) is 72.5 Å². The molecule has 1 aromatic heterocycles. The number of fused-ring (bicyclic) bond motifs is 1. The number of methoxy groups -OCH3 is 1. The summed E-state index contributed by atoms with van der Waals surface area (Å²) in [4.78, 5) is 17.9. The quantitative estimate of drug-likeness (QED) is 0.570. The minimum absolute atomic E-state index is 0.0463. The van der Waals surface area contributed by atoms with Crippen molar-refractivity contribution in [3.05, 3.63) is 71.9 Å². The maximum Gasteiger partial charge on any atom is 0.240 e. The van der Waals surface area contributed by atoms with Gasteiger partial charge in [0.2, 0.25) is 21.8 Å². The van der Waals surface area contributed by atoms with Crippen LogP contribution in [0.2, 0.25) is 0 Å². The fraction of sp³-hybridized carbons (Fsp3) is 0.250. The third kappa shape index (κ3) is 5.32. The number of carbonyl (C=O) groups is 1. The van der Waals surface area contributed by atoms with Gasteiger partial charge in [0.25, 0.3) is 0 Å². The summed E-state index contributed by atoms with van der Waals surface area (Å²) < 4.78 is 39.3. The highest BCUT2D eigenvalue weighted by molar-refractivity contribution is 7.89. The Kier molecular flexibility index (Phi) is 6.62. The zero-order valence-corrected chi connectivity index (χ0v) is 19.3. The van der Waals surface area contributed by atoms with E-state index in [-0.39, 0.29) is 17.3 Å². The van der Waals surface area contributed by atoms with Gasteiger partial charge >= 0.3 is 0 Å². The Morgan fingerprint density at radius 1 is 1.09 bits per heavy atom. The van der Waals surface area contributed by atoms with Gasteiger partial charge in [-0.15, -0.1) is 0 Å². The summed E-state index contributed by atoms with van der Waals surface area (Å²) in [5.74, 6) is 1.62. The predicted octanol–water partition coefficient (Wildman–Crippen LogP) is 3.66. The summed E-state index contributed by atoms with van der Waals surface area (Å²) in [5.41, 5.74) is 2.35. The second kappa shape index (κ2) is 9.60. The lowest BCUT2D eigenvalue weighted by atomic mass is 10.0. The number of ether oxygens (including phenoxy) is 2. The van der Waals surface area contributed by atoms with Crippen molar-refractivity contribution < 1.29 is 22.7 Å². The average molecular weight is 468 g/mol. The van der Waals surface area contributed by atoms with Gasteiger partial charge in [0.05, 0.1) is 12.0 Å². The van der Waals surface area contributed by atoms with Gasteiger partial charge in [-0.3, -0.25) is 4.79 Å². The van der Waals surface area contributed by atoms with Crippen LogP contribution in [0.1, 0.15) is 24.5 Å². The molecular formula is C24H25N3O5S. The standard InChI is InChI=1S/C24H25N3O5S/c1-17(28)27-13-3-4-19-15-22(9-10-23(19)27)33(29,30)26-16-18-11-12-25-24(14-18)32-21-7-5-20(31-2)6-8-21/h5-12,14-15,26H,3-4,13,16H2,1-2H3. The lowest BCUT2D eigenvalue weighted by Gasteiger charge is -2.28. The van der Waals surface area contributed by atoms with Crippen LogP contribution in [0.15, 0.2) is 65.7 Å². The molecule has 2 aromatic carbocycles. The average Bonchev–Trinajstić information content (AvgIpc) is 2.83. The maximum atomic E-state index is 12.9. The molecule has 9 heteroatoms. The first-order valence-electron chi connectivity index (χ1n) is 10.5. The number of aromatic nitrogens is 1. The van der Waals surface area contributed by atoms with Gasteiger partial charge in [0, 0.05) is 38.0 Å². The summed E-state index contributed by atoms with van der Waals surface area (Å²) in [6.45, 7) is 2.25. The molecule has 2 heterocycles. The molecule has 172 valence electrons. The molecule has 4 rings (SSSR count). The Labute approximate surface area is 193 Å². The van der Waals surface area contributed by atoms with Crippen LogP contribution < -0.4 is 19.1 Å². The van der Waals surface area contributed by atoms with Gasteiger partial charge < -0.3 is 14.4 Å². The van der Waals surface area contributed by atoms with Crippen molar-refractivity contribution in [1.82, 2.24) is 9.71 Å². The highest BCUT2D eigenvalue weighted by atomic mass is 32.2. The van der Waals surface area contributed by atoms with Crippen LogP contribution in [0.5, 0.6) is 17.4 Å². The van der Waals surface area contributed by atoms with Crippen LogP contribution in [0.25, 0.3) is 0 Å². The highest BCUT2D eigenvalue weighted by Gasteiger charge is 2.23. The Morgan fingerprint density at radius 2 is 1.85 bits per heavy atom. The zero-order chi connectivity index (χ0) is 23.4. The van der Waals surface area contributed by atoms with E-state index in [0.29, 0.717) is 23.7 Å². The molecule has 0 unspecified atom stereocenters. The number of aryl methyl sites for hydroxylation is 1. The smallest absolute Gasteiger partial charge is 0.240 e. The number of hydrogen-bond donors (Lipinski definition) is 1. The second-order valence-electron chi connectivity index (χ2n) is 7.67. The summed E-state index contributed by atoms with van der Waals surface area (Å²) in [6.07, 6.45) is 3.11. The topological polar surface area (TPSA) is 97.8 Å². The molecule has 0 saturated heterocycles. The van der Waals surface area contributed by atoms with E-state index in [4.69, 9.17) is 9.47 Å². The summed E-state index contributed by atoms with van der Waals surface area (Å²) in [5, 5.41) is 0. The minimum Gasteiger partial charge on any atom is -0.497 e. The molecule has 0 radical (unpaired) electrons. The Bertz CT molecular complexity index is 1260. The number of nitrogens with one attached hydrogen (secondary N) is 1. The van der Waals surface area contributed by atoms with Crippen LogP contribution in [0.4, 0.5) is 5.69 Å². The molecular weight excluding hydrogens is 442 g/mol. The second-order valence-corrected chi connectivity index (χ2v) is 9.44. The molecule has 0 saturated carbocycles. The van der Waals surface area contributed by atoms with E-state index >= 15 is 0 Å². The van der Waals surface area contributed by atoms with Crippen LogP contribution in [-0.2, 0) is 27.8 Å². The number of amides is 1. The molecule has 0 aliphatic carbocycles. The largest absolute Gasteiger partial charge is 0.497 e. The number of carbonyl (C=O) groups excluding carboxylic acids is 1. The van der Waals surface area contributed by atoms with Gasteiger partial charge in [0.1, 0.15) is 11.5 Å². The lowest BCUT2D eigenvalue weighted by Crippen LogP contribution is -2.33. The molecule has 0 fully saturated rings. The van der Waals surface area contributed by atoms with E-state index in [9.17, 15) is 13.2 Å². The van der Waals surface area contributed by atoms with Crippen molar-refractivity contribution in [3.8, 4) is 17.4 Å². The van der Waals surface area contributed by atoms with Crippen LogP contribution in [0, 0.1) is 0 Å². The SMILES string of the molecule is COc1ccc(Oc2cc(CNS(=O)(=O)c3ccc4c(c3)CCCN4C(C)=O)ccn2)cc1. The number of nitrogens with zero attached hydrogens (tertiary/aromatic N) is 2. The molecule has 1 aliphatic rings. The monoisotopic (exact) mass is 467 g/mol. The third-order valence-electron chi connectivity index (χ3n) is 5.41. The Balaban J connectivity index is 1.45. The highest BCUT2D eigenvalue weighted by Crippen LogP contribution is 2.29. The number of sulfonamides is 1. The molecule has 3 aromatic rings. The molecule has 33 heavy (non-hydrogen) atoms. The molecule has 0 atom stereocenters. The number of benzene rings is 2. The zero-order valence-electron chi connectivity index (χ0n) is 18.4. The number of hydrogen-bond acceptors (Lipinski definition) is 6. The fourth-order valence-corrected chi connectivity index (χ4v) is 4.78. The first-order valence-corrected chi connectivity index (χ1v) is 12.0. The summed E-state index contributed by atoms with van der Waals surface area (Å²) in [6, 6.07) is 15.4. The van der Waals surface area contributed by atoms with E-state index in [1.807, 2.05) is 0 Å². The van der Waals surface area contributed by atoms with E-state index < -0.39 is 10.0 Å². The summed E-state index contributed by atoms with van der Waals surface area (Å²) >= 11 is 0. The van der Waals surface area contributed by atoms with Crippen molar-refractivity contribution in [2.75, 3.05) is 18.6 Å². The number of rotatable bonds is 7. The predicted molar refractivity (Wildman–Crippen MR) is 124 cm³/mol. The summed E-state index contributed by atoms with van der Waals surface area (Å²) in [7, 11) is -2.15. The van der Waals surface area contributed by atoms with E-state index in [2.05, 4.69) is 9.71 Å². The molecule has 1 amide bonds. The van der Waals surface area contributed by atoms with E-state index in [1.165, 1.54) is 13.0 Å². The van der Waals surface area contributed by atoms with Crippen LogP contribution >= 0.6 is 0 Å². The van der Waals surface area contributed by atoms with Crippen LogP contribution in [-0.4, -0.2) is 33.0 Å². The number of pyridine rings is 1. The Hall–Kier alpha value is -3.43. The Morgan fingerprint density at radius 3 is 2.58 bits per heavy atom. The normalized spacial score (nSPS) is 13.3. The van der Waals surface area contributed by atoms with Crippen molar-refractivity contribution >= 4 is 21.6 Å². The lowest BCUT2D eigenvalue weighted by molar-refractivity contribution is -0.116. The van der Waals surface area contributed by atoms with Gasteiger partial charge in [-0.1, -0.05) is 0 Å². The minimum atomic E-state index is -3.74. The van der Waals surface area contributed by atoms with Crippen molar-refractivity contribution in [1.29, 1.82) is 0 Å². The van der Waals surface area contributed by atoms with Crippen molar-refractivity contribution in [2.45, 2.75) is 31.2 Å².